The van der Waals surface area contributed by atoms with Crippen molar-refractivity contribution < 1.29 is 4.79 Å². The predicted molar refractivity (Wildman–Crippen MR) is 104 cm³/mol. The molecule has 1 saturated heterocycles. The lowest BCUT2D eigenvalue weighted by molar-refractivity contribution is 0.0744. The van der Waals surface area contributed by atoms with Gasteiger partial charge in [0.2, 0.25) is 0 Å². The van der Waals surface area contributed by atoms with Crippen LogP contribution in [0.25, 0.3) is 16.9 Å². The van der Waals surface area contributed by atoms with E-state index in [4.69, 9.17) is 10.8 Å². The molecule has 1 fully saturated rings. The monoisotopic (exact) mass is 361 g/mol. The number of benzene rings is 1. The number of carbonyl (C=O) groups is 1. The molecule has 0 bridgehead atoms. The molecule has 2 unspecified atom stereocenters. The van der Waals surface area contributed by atoms with Gasteiger partial charge in [-0.3, -0.25) is 9.78 Å². The molecule has 1 amide bonds. The first-order chi connectivity index (χ1) is 13.2. The summed E-state index contributed by atoms with van der Waals surface area (Å²) in [6, 6.07) is 13.8. The summed E-state index contributed by atoms with van der Waals surface area (Å²) in [5, 5.41) is 4.71. The smallest absolute Gasteiger partial charge is 0.257 e. The van der Waals surface area contributed by atoms with Gasteiger partial charge in [-0.05, 0) is 50.1 Å². The molecule has 2 N–H and O–H groups in total. The van der Waals surface area contributed by atoms with Crippen molar-refractivity contribution in [3.8, 4) is 16.9 Å². The van der Waals surface area contributed by atoms with Gasteiger partial charge in [0.15, 0.2) is 0 Å². The lowest BCUT2D eigenvalue weighted by Crippen LogP contribution is -2.34. The van der Waals surface area contributed by atoms with Crippen LogP contribution >= 0.6 is 0 Å². The van der Waals surface area contributed by atoms with E-state index in [-0.39, 0.29) is 11.9 Å². The van der Waals surface area contributed by atoms with Crippen LogP contribution in [0.3, 0.4) is 0 Å². The molecule has 6 heteroatoms. The highest BCUT2D eigenvalue weighted by Gasteiger charge is 2.34. The highest BCUT2D eigenvalue weighted by molar-refractivity contribution is 6.00. The Hall–Kier alpha value is -2.99. The van der Waals surface area contributed by atoms with Crippen LogP contribution in [0.5, 0.6) is 0 Å². The van der Waals surface area contributed by atoms with Gasteiger partial charge in [-0.2, -0.15) is 5.10 Å². The van der Waals surface area contributed by atoms with E-state index in [1.54, 1.807) is 17.1 Å². The molecule has 1 aliphatic rings. The minimum absolute atomic E-state index is 0.000478. The molecule has 3 aromatic rings. The second-order valence-corrected chi connectivity index (χ2v) is 7.06. The van der Waals surface area contributed by atoms with Crippen molar-refractivity contribution in [2.45, 2.75) is 19.4 Å². The summed E-state index contributed by atoms with van der Waals surface area (Å²) in [5.74, 6) is 0.356. The number of likely N-dealkylation sites (tertiary alicyclic amines) is 1. The first-order valence-electron chi connectivity index (χ1n) is 9.24. The van der Waals surface area contributed by atoms with Crippen molar-refractivity contribution in [1.82, 2.24) is 19.7 Å². The van der Waals surface area contributed by atoms with Crippen molar-refractivity contribution >= 4 is 5.91 Å². The average Bonchev–Trinajstić information content (AvgIpc) is 3.33. The van der Waals surface area contributed by atoms with Gasteiger partial charge in [0, 0.05) is 36.7 Å². The highest BCUT2D eigenvalue weighted by Crippen LogP contribution is 2.29. The second-order valence-electron chi connectivity index (χ2n) is 7.06. The van der Waals surface area contributed by atoms with Gasteiger partial charge in [0.05, 0.1) is 11.3 Å². The summed E-state index contributed by atoms with van der Waals surface area (Å²) >= 11 is 0. The molecule has 0 spiro atoms. The Morgan fingerprint density at radius 3 is 2.70 bits per heavy atom. The molecule has 2 atom stereocenters. The van der Waals surface area contributed by atoms with Crippen molar-refractivity contribution in [3.05, 3.63) is 66.6 Å². The first-order valence-corrected chi connectivity index (χ1v) is 9.24. The van der Waals surface area contributed by atoms with E-state index in [2.05, 4.69) is 11.9 Å². The van der Waals surface area contributed by atoms with E-state index in [9.17, 15) is 4.79 Å². The molecule has 2 aromatic heterocycles. The number of nitrogens with two attached hydrogens (primary N) is 1. The fourth-order valence-corrected chi connectivity index (χ4v) is 3.71. The molecule has 27 heavy (non-hydrogen) atoms. The van der Waals surface area contributed by atoms with Gasteiger partial charge in [-0.25, -0.2) is 4.68 Å². The standard InChI is InChI=1S/C21H23N5O/c1-15-10-16(11-22)13-25(15)21(27)19-14-26(18-7-3-2-4-8-18)24-20(19)17-6-5-9-23-12-17/h2-9,12,14-16H,10-11,13,22H2,1H3. The maximum Gasteiger partial charge on any atom is 0.257 e. The third-order valence-corrected chi connectivity index (χ3v) is 5.16. The number of hydrogen-bond donors (Lipinski definition) is 1. The van der Waals surface area contributed by atoms with E-state index < -0.39 is 0 Å². The lowest BCUT2D eigenvalue weighted by atomic mass is 10.1. The summed E-state index contributed by atoms with van der Waals surface area (Å²) in [7, 11) is 0. The molecular formula is C21H23N5O. The van der Waals surface area contributed by atoms with E-state index >= 15 is 0 Å². The molecule has 3 heterocycles. The van der Waals surface area contributed by atoms with Crippen LogP contribution in [0.2, 0.25) is 0 Å². The van der Waals surface area contributed by atoms with Crippen LogP contribution in [-0.2, 0) is 0 Å². The normalized spacial score (nSPS) is 19.4. The van der Waals surface area contributed by atoms with E-state index in [1.807, 2.05) is 53.6 Å². The molecule has 138 valence electrons. The minimum atomic E-state index is -0.000478. The maximum atomic E-state index is 13.4. The fraction of sp³-hybridized carbons (Fsp3) is 0.286. The zero-order chi connectivity index (χ0) is 18.8. The van der Waals surface area contributed by atoms with Gasteiger partial charge < -0.3 is 10.6 Å². The van der Waals surface area contributed by atoms with E-state index in [1.165, 1.54) is 0 Å². The van der Waals surface area contributed by atoms with Crippen molar-refractivity contribution in [2.75, 3.05) is 13.1 Å². The number of aromatic nitrogens is 3. The maximum absolute atomic E-state index is 13.4. The molecule has 1 aromatic carbocycles. The van der Waals surface area contributed by atoms with Crippen LogP contribution in [-0.4, -0.2) is 44.7 Å². The minimum Gasteiger partial charge on any atom is -0.335 e. The quantitative estimate of drug-likeness (QED) is 0.775. The zero-order valence-electron chi connectivity index (χ0n) is 15.3. The summed E-state index contributed by atoms with van der Waals surface area (Å²) < 4.78 is 1.76. The van der Waals surface area contributed by atoms with Gasteiger partial charge in [-0.1, -0.05) is 18.2 Å². The van der Waals surface area contributed by atoms with Crippen LogP contribution in [0.4, 0.5) is 0 Å². The summed E-state index contributed by atoms with van der Waals surface area (Å²) in [4.78, 5) is 19.5. The molecule has 0 saturated carbocycles. The summed E-state index contributed by atoms with van der Waals surface area (Å²) in [6.45, 7) is 3.38. The molecule has 6 nitrogen and oxygen atoms in total. The third-order valence-electron chi connectivity index (χ3n) is 5.16. The van der Waals surface area contributed by atoms with Crippen LogP contribution in [0.15, 0.2) is 61.1 Å². The Balaban J connectivity index is 1.77. The van der Waals surface area contributed by atoms with Crippen LogP contribution in [0, 0.1) is 5.92 Å². The van der Waals surface area contributed by atoms with Crippen LogP contribution < -0.4 is 5.73 Å². The zero-order valence-corrected chi connectivity index (χ0v) is 15.3. The summed E-state index contributed by atoms with van der Waals surface area (Å²) in [6.07, 6.45) is 6.22. The molecule has 0 aliphatic carbocycles. The number of amides is 1. The molecule has 4 rings (SSSR count). The molecular weight excluding hydrogens is 338 g/mol. The predicted octanol–water partition coefficient (Wildman–Crippen LogP) is 2.74. The highest BCUT2D eigenvalue weighted by atomic mass is 16.2. The number of rotatable bonds is 4. The summed E-state index contributed by atoms with van der Waals surface area (Å²) in [5.41, 5.74) is 8.83. The Bertz CT molecular complexity index is 922. The SMILES string of the molecule is CC1CC(CN)CN1C(=O)c1cn(-c2ccccc2)nc1-c1cccnc1. The van der Waals surface area contributed by atoms with Crippen molar-refractivity contribution in [2.24, 2.45) is 11.7 Å². The Kier molecular flexibility index (Phi) is 4.73. The largest absolute Gasteiger partial charge is 0.335 e. The number of pyridine rings is 1. The average molecular weight is 361 g/mol. The molecule has 0 radical (unpaired) electrons. The topological polar surface area (TPSA) is 77.0 Å². The van der Waals surface area contributed by atoms with Crippen LogP contribution in [0.1, 0.15) is 23.7 Å². The van der Waals surface area contributed by atoms with Crippen molar-refractivity contribution in [1.29, 1.82) is 0 Å². The number of carbonyl (C=O) groups excluding carboxylic acids is 1. The Morgan fingerprint density at radius 2 is 2.04 bits per heavy atom. The first kappa shape index (κ1) is 17.4. The van der Waals surface area contributed by atoms with Crippen molar-refractivity contribution in [3.63, 3.8) is 0 Å². The lowest BCUT2D eigenvalue weighted by Gasteiger charge is -2.21. The van der Waals surface area contributed by atoms with Gasteiger partial charge >= 0.3 is 0 Å². The third kappa shape index (κ3) is 3.36. The fourth-order valence-electron chi connectivity index (χ4n) is 3.71. The Morgan fingerprint density at radius 1 is 1.22 bits per heavy atom. The van der Waals surface area contributed by atoms with Gasteiger partial charge in [0.25, 0.3) is 5.91 Å². The van der Waals surface area contributed by atoms with Gasteiger partial charge in [0.1, 0.15) is 5.69 Å². The number of hydrogen-bond acceptors (Lipinski definition) is 4. The van der Waals surface area contributed by atoms with E-state index in [0.29, 0.717) is 30.3 Å². The number of para-hydroxylation sites is 1. The van der Waals surface area contributed by atoms with Gasteiger partial charge in [-0.15, -0.1) is 0 Å². The Labute approximate surface area is 158 Å². The second kappa shape index (κ2) is 7.32. The number of nitrogens with zero attached hydrogens (tertiary/aromatic N) is 4. The van der Waals surface area contributed by atoms with E-state index in [0.717, 1.165) is 17.7 Å². The molecule has 1 aliphatic heterocycles.